The lowest BCUT2D eigenvalue weighted by atomic mass is 10.1. The van der Waals surface area contributed by atoms with Crippen LogP contribution < -0.4 is 10.1 Å². The summed E-state index contributed by atoms with van der Waals surface area (Å²) < 4.78 is 5.41. The van der Waals surface area contributed by atoms with Gasteiger partial charge < -0.3 is 15.0 Å². The van der Waals surface area contributed by atoms with Gasteiger partial charge in [0.15, 0.2) is 5.69 Å². The first-order valence-corrected chi connectivity index (χ1v) is 10.0. The highest BCUT2D eigenvalue weighted by atomic mass is 35.5. The Morgan fingerprint density at radius 2 is 1.89 bits per heavy atom. The van der Waals surface area contributed by atoms with Gasteiger partial charge in [-0.2, -0.15) is 0 Å². The van der Waals surface area contributed by atoms with Crippen LogP contribution in [0.25, 0.3) is 0 Å². The highest BCUT2D eigenvalue weighted by Crippen LogP contribution is 2.21. The van der Waals surface area contributed by atoms with Gasteiger partial charge in [-0.1, -0.05) is 41.9 Å². The molecular formula is C21H27ClN4O2. The SMILES string of the molecule is CCOc1ccc(Cl)c(C(=O)NC(CN2CCN(C)CC2)c2ccccc2)n1. The summed E-state index contributed by atoms with van der Waals surface area (Å²) in [6.45, 7) is 7.11. The van der Waals surface area contributed by atoms with Crippen molar-refractivity contribution in [3.8, 4) is 5.88 Å². The molecule has 28 heavy (non-hydrogen) atoms. The van der Waals surface area contributed by atoms with Crippen LogP contribution in [0, 0.1) is 0 Å². The summed E-state index contributed by atoms with van der Waals surface area (Å²) in [5.74, 6) is 0.0990. The average molecular weight is 403 g/mol. The van der Waals surface area contributed by atoms with Crippen molar-refractivity contribution in [1.82, 2.24) is 20.1 Å². The molecule has 0 aliphatic carbocycles. The number of hydrogen-bond acceptors (Lipinski definition) is 5. The Morgan fingerprint density at radius 3 is 2.57 bits per heavy atom. The quantitative estimate of drug-likeness (QED) is 0.771. The predicted molar refractivity (Wildman–Crippen MR) is 111 cm³/mol. The molecule has 3 rings (SSSR count). The lowest BCUT2D eigenvalue weighted by molar-refractivity contribution is 0.0901. The Hall–Kier alpha value is -2.15. The van der Waals surface area contributed by atoms with Gasteiger partial charge in [0.1, 0.15) is 0 Å². The van der Waals surface area contributed by atoms with E-state index in [9.17, 15) is 4.79 Å². The number of carbonyl (C=O) groups excluding carboxylic acids is 1. The van der Waals surface area contributed by atoms with Crippen LogP contribution in [-0.4, -0.2) is 67.1 Å². The number of nitrogens with one attached hydrogen (secondary N) is 1. The molecule has 1 aromatic carbocycles. The molecule has 1 amide bonds. The third kappa shape index (κ3) is 5.44. The molecule has 1 saturated heterocycles. The maximum Gasteiger partial charge on any atom is 0.272 e. The highest BCUT2D eigenvalue weighted by Gasteiger charge is 2.23. The van der Waals surface area contributed by atoms with E-state index in [-0.39, 0.29) is 17.6 Å². The summed E-state index contributed by atoms with van der Waals surface area (Å²) in [5, 5.41) is 3.43. The first-order valence-electron chi connectivity index (χ1n) is 9.63. The standard InChI is InChI=1S/C21H27ClN4O2/c1-3-28-19-10-9-17(22)20(24-19)21(27)23-18(16-7-5-4-6-8-16)15-26-13-11-25(2)12-14-26/h4-10,18H,3,11-15H2,1-2H3,(H,23,27). The molecule has 0 saturated carbocycles. The number of aromatic nitrogens is 1. The summed E-state index contributed by atoms with van der Waals surface area (Å²) in [6, 6.07) is 13.2. The lowest BCUT2D eigenvalue weighted by Gasteiger charge is -2.35. The van der Waals surface area contributed by atoms with E-state index >= 15 is 0 Å². The van der Waals surface area contributed by atoms with Crippen molar-refractivity contribution in [2.24, 2.45) is 0 Å². The molecule has 1 aromatic heterocycles. The van der Waals surface area contributed by atoms with Crippen molar-refractivity contribution in [3.05, 3.63) is 58.7 Å². The van der Waals surface area contributed by atoms with E-state index in [2.05, 4.69) is 27.1 Å². The summed E-state index contributed by atoms with van der Waals surface area (Å²) >= 11 is 6.23. The van der Waals surface area contributed by atoms with E-state index in [4.69, 9.17) is 16.3 Å². The number of pyridine rings is 1. The first-order chi connectivity index (χ1) is 13.6. The van der Waals surface area contributed by atoms with Gasteiger partial charge in [-0.25, -0.2) is 4.98 Å². The fourth-order valence-electron chi connectivity index (χ4n) is 3.25. The van der Waals surface area contributed by atoms with Crippen molar-refractivity contribution in [2.75, 3.05) is 46.4 Å². The van der Waals surface area contributed by atoms with E-state index in [1.54, 1.807) is 12.1 Å². The zero-order chi connectivity index (χ0) is 19.9. The average Bonchev–Trinajstić information content (AvgIpc) is 2.71. The van der Waals surface area contributed by atoms with Crippen LogP contribution in [0.2, 0.25) is 5.02 Å². The first kappa shape index (κ1) is 20.6. The van der Waals surface area contributed by atoms with Crippen LogP contribution >= 0.6 is 11.6 Å². The Labute approximate surface area is 171 Å². The molecule has 0 spiro atoms. The fraction of sp³-hybridized carbons (Fsp3) is 0.429. The second-order valence-corrected chi connectivity index (χ2v) is 7.36. The van der Waals surface area contributed by atoms with Crippen LogP contribution in [0.15, 0.2) is 42.5 Å². The number of hydrogen-bond donors (Lipinski definition) is 1. The van der Waals surface area contributed by atoms with Gasteiger partial charge in [0, 0.05) is 38.8 Å². The van der Waals surface area contributed by atoms with Crippen molar-refractivity contribution in [2.45, 2.75) is 13.0 Å². The minimum absolute atomic E-state index is 0.147. The summed E-state index contributed by atoms with van der Waals surface area (Å²) in [6.07, 6.45) is 0. The summed E-state index contributed by atoms with van der Waals surface area (Å²) in [4.78, 5) is 21.9. The predicted octanol–water partition coefficient (Wildman–Crippen LogP) is 2.85. The molecule has 2 heterocycles. The third-order valence-electron chi connectivity index (χ3n) is 4.87. The van der Waals surface area contributed by atoms with Gasteiger partial charge in [-0.15, -0.1) is 0 Å². The number of amides is 1. The number of ether oxygens (including phenoxy) is 1. The number of rotatable bonds is 7. The van der Waals surface area contributed by atoms with Crippen molar-refractivity contribution < 1.29 is 9.53 Å². The van der Waals surface area contributed by atoms with Gasteiger partial charge >= 0.3 is 0 Å². The molecule has 150 valence electrons. The molecule has 1 fully saturated rings. The van der Waals surface area contributed by atoms with Crippen molar-refractivity contribution >= 4 is 17.5 Å². The van der Waals surface area contributed by atoms with Crippen LogP contribution in [0.1, 0.15) is 29.0 Å². The maximum absolute atomic E-state index is 13.0. The smallest absolute Gasteiger partial charge is 0.272 e. The summed E-state index contributed by atoms with van der Waals surface area (Å²) in [7, 11) is 2.13. The lowest BCUT2D eigenvalue weighted by Crippen LogP contribution is -2.47. The number of carbonyl (C=O) groups is 1. The van der Waals surface area contributed by atoms with Crippen LogP contribution in [0.3, 0.4) is 0 Å². The highest BCUT2D eigenvalue weighted by molar-refractivity contribution is 6.33. The minimum atomic E-state index is -0.297. The van der Waals surface area contributed by atoms with E-state index < -0.39 is 0 Å². The minimum Gasteiger partial charge on any atom is -0.478 e. The molecule has 1 aliphatic rings. The largest absolute Gasteiger partial charge is 0.478 e. The van der Waals surface area contributed by atoms with Gasteiger partial charge in [-0.3, -0.25) is 9.69 Å². The number of nitrogens with zero attached hydrogens (tertiary/aromatic N) is 3. The molecule has 1 N–H and O–H groups in total. The van der Waals surface area contributed by atoms with Gasteiger partial charge in [-0.05, 0) is 25.6 Å². The van der Waals surface area contributed by atoms with E-state index in [0.29, 0.717) is 17.5 Å². The number of piperazine rings is 1. The molecule has 6 nitrogen and oxygen atoms in total. The van der Waals surface area contributed by atoms with Gasteiger partial charge in [0.25, 0.3) is 5.91 Å². The normalized spacial score (nSPS) is 16.5. The Balaban J connectivity index is 1.77. The van der Waals surface area contributed by atoms with Crippen LogP contribution in [-0.2, 0) is 0 Å². The Kier molecular flexibility index (Phi) is 7.25. The molecule has 0 radical (unpaired) electrons. The van der Waals surface area contributed by atoms with Crippen molar-refractivity contribution in [1.29, 1.82) is 0 Å². The van der Waals surface area contributed by atoms with Crippen molar-refractivity contribution in [3.63, 3.8) is 0 Å². The number of benzene rings is 1. The van der Waals surface area contributed by atoms with E-state index in [1.807, 2.05) is 37.3 Å². The molecule has 7 heteroatoms. The van der Waals surface area contributed by atoms with Gasteiger partial charge in [0.05, 0.1) is 17.7 Å². The molecule has 1 unspecified atom stereocenters. The molecule has 2 aromatic rings. The van der Waals surface area contributed by atoms with Crippen LogP contribution in [0.4, 0.5) is 0 Å². The van der Waals surface area contributed by atoms with Gasteiger partial charge in [0.2, 0.25) is 5.88 Å². The Morgan fingerprint density at radius 1 is 1.18 bits per heavy atom. The second kappa shape index (κ2) is 9.87. The van der Waals surface area contributed by atoms with E-state index in [1.165, 1.54) is 0 Å². The molecule has 1 aliphatic heterocycles. The maximum atomic E-state index is 13.0. The number of likely N-dealkylation sites (N-methyl/N-ethyl adjacent to an activating group) is 1. The molecule has 1 atom stereocenters. The third-order valence-corrected chi connectivity index (χ3v) is 5.18. The Bertz CT molecular complexity index is 779. The molecular weight excluding hydrogens is 376 g/mol. The topological polar surface area (TPSA) is 57.7 Å². The van der Waals surface area contributed by atoms with Crippen LogP contribution in [0.5, 0.6) is 5.88 Å². The van der Waals surface area contributed by atoms with E-state index in [0.717, 1.165) is 38.3 Å². The summed E-state index contributed by atoms with van der Waals surface area (Å²) in [5.41, 5.74) is 1.25. The fourth-order valence-corrected chi connectivity index (χ4v) is 3.44. The zero-order valence-electron chi connectivity index (χ0n) is 16.4. The molecule has 0 bridgehead atoms. The zero-order valence-corrected chi connectivity index (χ0v) is 17.2. The second-order valence-electron chi connectivity index (χ2n) is 6.95. The number of halogens is 1. The monoisotopic (exact) mass is 402 g/mol.